The summed E-state index contributed by atoms with van der Waals surface area (Å²) in [6.07, 6.45) is 0.493. The monoisotopic (exact) mass is 303 g/mol. The topological polar surface area (TPSA) is 49.3 Å². The van der Waals surface area contributed by atoms with Crippen molar-refractivity contribution < 1.29 is 9.90 Å². The number of aliphatic hydroxyl groups excluding tert-OH is 1. The van der Waals surface area contributed by atoms with Crippen LogP contribution in [0.15, 0.2) is 18.2 Å². The second-order valence-electron chi connectivity index (χ2n) is 5.53. The summed E-state index contributed by atoms with van der Waals surface area (Å²) in [6, 6.07) is 4.63. The van der Waals surface area contributed by atoms with Crippen LogP contribution in [0.2, 0.25) is 10.0 Å². The van der Waals surface area contributed by atoms with Crippen LogP contribution in [0.5, 0.6) is 0 Å². The number of hydrogen-bond donors (Lipinski definition) is 2. The molecule has 106 valence electrons. The van der Waals surface area contributed by atoms with Crippen LogP contribution in [-0.2, 0) is 0 Å². The first-order valence-corrected chi connectivity index (χ1v) is 6.88. The van der Waals surface area contributed by atoms with Gasteiger partial charge in [-0.25, -0.2) is 0 Å². The molecule has 0 aliphatic heterocycles. The van der Waals surface area contributed by atoms with Crippen molar-refractivity contribution in [3.8, 4) is 0 Å². The lowest BCUT2D eigenvalue weighted by molar-refractivity contribution is 0.0885. The number of amides is 1. The van der Waals surface area contributed by atoms with E-state index in [1.807, 2.05) is 20.8 Å². The van der Waals surface area contributed by atoms with E-state index in [0.29, 0.717) is 22.0 Å². The smallest absolute Gasteiger partial charge is 0.253 e. The number of carbonyl (C=O) groups excluding carboxylic acids is 1. The maximum Gasteiger partial charge on any atom is 0.253 e. The quantitative estimate of drug-likeness (QED) is 0.894. The van der Waals surface area contributed by atoms with Crippen LogP contribution < -0.4 is 5.32 Å². The van der Waals surface area contributed by atoms with Crippen molar-refractivity contribution >= 4 is 29.1 Å². The number of hydrogen-bond acceptors (Lipinski definition) is 2. The average Bonchev–Trinajstić information content (AvgIpc) is 2.30. The highest BCUT2D eigenvalue weighted by molar-refractivity contribution is 6.35. The van der Waals surface area contributed by atoms with E-state index in [1.54, 1.807) is 12.1 Å². The minimum atomic E-state index is -0.277. The third-order valence-corrected chi connectivity index (χ3v) is 3.51. The predicted molar refractivity (Wildman–Crippen MR) is 78.9 cm³/mol. The van der Waals surface area contributed by atoms with Crippen molar-refractivity contribution in [2.24, 2.45) is 5.41 Å². The molecule has 19 heavy (non-hydrogen) atoms. The molecule has 1 unspecified atom stereocenters. The van der Waals surface area contributed by atoms with Gasteiger partial charge in [0.2, 0.25) is 0 Å². The van der Waals surface area contributed by atoms with Crippen molar-refractivity contribution in [2.75, 3.05) is 6.61 Å². The SMILES string of the molecule is CC(C)(C)C(CCO)NC(=O)c1cc(Cl)ccc1Cl. The molecule has 1 aromatic rings. The van der Waals surface area contributed by atoms with Gasteiger partial charge in [0, 0.05) is 17.7 Å². The van der Waals surface area contributed by atoms with Gasteiger partial charge in [-0.3, -0.25) is 4.79 Å². The number of halogens is 2. The summed E-state index contributed by atoms with van der Waals surface area (Å²) in [5.41, 5.74) is 0.199. The maximum absolute atomic E-state index is 12.2. The van der Waals surface area contributed by atoms with E-state index >= 15 is 0 Å². The number of carbonyl (C=O) groups is 1. The second kappa shape index (κ2) is 6.60. The third kappa shape index (κ3) is 4.68. The van der Waals surface area contributed by atoms with E-state index in [2.05, 4.69) is 5.32 Å². The van der Waals surface area contributed by atoms with Gasteiger partial charge < -0.3 is 10.4 Å². The van der Waals surface area contributed by atoms with Crippen LogP contribution >= 0.6 is 23.2 Å². The summed E-state index contributed by atoms with van der Waals surface area (Å²) in [4.78, 5) is 12.2. The Kier molecular flexibility index (Phi) is 5.65. The van der Waals surface area contributed by atoms with Crippen LogP contribution in [-0.4, -0.2) is 23.7 Å². The Bertz CT molecular complexity index is 455. The Morgan fingerprint density at radius 3 is 2.53 bits per heavy atom. The third-order valence-electron chi connectivity index (χ3n) is 2.94. The molecule has 0 saturated carbocycles. The Labute approximate surface area is 123 Å². The standard InChI is InChI=1S/C14H19Cl2NO2/c1-14(2,3)12(6-7-18)17-13(19)10-8-9(15)4-5-11(10)16/h4-5,8,12,18H,6-7H2,1-3H3,(H,17,19). The Morgan fingerprint density at radius 1 is 1.37 bits per heavy atom. The number of aliphatic hydroxyl groups is 1. The molecule has 0 fully saturated rings. The molecular weight excluding hydrogens is 285 g/mol. The van der Waals surface area contributed by atoms with Gasteiger partial charge in [0.1, 0.15) is 0 Å². The van der Waals surface area contributed by atoms with Gasteiger partial charge in [-0.05, 0) is 30.0 Å². The largest absolute Gasteiger partial charge is 0.396 e. The van der Waals surface area contributed by atoms with E-state index in [9.17, 15) is 4.79 Å². The van der Waals surface area contributed by atoms with Crippen molar-refractivity contribution in [1.29, 1.82) is 0 Å². The van der Waals surface area contributed by atoms with Gasteiger partial charge in [0.25, 0.3) is 5.91 Å². The summed E-state index contributed by atoms with van der Waals surface area (Å²) in [7, 11) is 0. The molecule has 1 amide bonds. The fourth-order valence-electron chi connectivity index (χ4n) is 1.76. The van der Waals surface area contributed by atoms with Gasteiger partial charge in [0.15, 0.2) is 0 Å². The number of nitrogens with one attached hydrogen (secondary N) is 1. The number of rotatable bonds is 4. The zero-order valence-electron chi connectivity index (χ0n) is 11.3. The van der Waals surface area contributed by atoms with Gasteiger partial charge in [-0.2, -0.15) is 0 Å². The summed E-state index contributed by atoms with van der Waals surface area (Å²) < 4.78 is 0. The molecule has 2 N–H and O–H groups in total. The van der Waals surface area contributed by atoms with Crippen molar-refractivity contribution in [3.63, 3.8) is 0 Å². The molecule has 0 spiro atoms. The van der Waals surface area contributed by atoms with Crippen molar-refractivity contribution in [2.45, 2.75) is 33.2 Å². The lowest BCUT2D eigenvalue weighted by atomic mass is 9.85. The Balaban J connectivity index is 2.91. The molecule has 3 nitrogen and oxygen atoms in total. The summed E-state index contributed by atoms with van der Waals surface area (Å²) >= 11 is 11.9. The average molecular weight is 304 g/mol. The lowest BCUT2D eigenvalue weighted by Crippen LogP contribution is -2.44. The molecule has 0 aliphatic rings. The fourth-order valence-corrected chi connectivity index (χ4v) is 2.13. The van der Waals surface area contributed by atoms with E-state index < -0.39 is 0 Å². The first-order valence-electron chi connectivity index (χ1n) is 6.12. The van der Waals surface area contributed by atoms with Crippen LogP contribution in [0.1, 0.15) is 37.6 Å². The first kappa shape index (κ1) is 16.3. The zero-order chi connectivity index (χ0) is 14.6. The van der Waals surface area contributed by atoms with E-state index in [-0.39, 0.29) is 24.0 Å². The summed E-state index contributed by atoms with van der Waals surface area (Å²) in [5.74, 6) is -0.277. The fraction of sp³-hybridized carbons (Fsp3) is 0.500. The molecule has 1 rings (SSSR count). The van der Waals surface area contributed by atoms with Crippen LogP contribution in [0.3, 0.4) is 0 Å². The molecule has 1 atom stereocenters. The molecule has 0 heterocycles. The molecule has 0 saturated heterocycles. The first-order chi connectivity index (χ1) is 8.75. The molecular formula is C14H19Cl2NO2. The van der Waals surface area contributed by atoms with E-state index in [4.69, 9.17) is 28.3 Å². The summed E-state index contributed by atoms with van der Waals surface area (Å²) in [6.45, 7) is 6.04. The second-order valence-corrected chi connectivity index (χ2v) is 6.37. The van der Waals surface area contributed by atoms with Gasteiger partial charge in [-0.15, -0.1) is 0 Å². The minimum Gasteiger partial charge on any atom is -0.396 e. The molecule has 5 heteroatoms. The van der Waals surface area contributed by atoms with Gasteiger partial charge >= 0.3 is 0 Å². The molecule has 0 aliphatic carbocycles. The highest BCUT2D eigenvalue weighted by atomic mass is 35.5. The normalized spacial score (nSPS) is 13.2. The van der Waals surface area contributed by atoms with Crippen molar-refractivity contribution in [1.82, 2.24) is 5.32 Å². The highest BCUT2D eigenvalue weighted by Crippen LogP contribution is 2.24. The highest BCUT2D eigenvalue weighted by Gasteiger charge is 2.26. The van der Waals surface area contributed by atoms with Crippen LogP contribution in [0.4, 0.5) is 0 Å². The van der Waals surface area contributed by atoms with Crippen LogP contribution in [0, 0.1) is 5.41 Å². The molecule has 1 aromatic carbocycles. The number of benzene rings is 1. The van der Waals surface area contributed by atoms with E-state index in [1.165, 1.54) is 6.07 Å². The van der Waals surface area contributed by atoms with Crippen LogP contribution in [0.25, 0.3) is 0 Å². The molecule has 0 radical (unpaired) electrons. The van der Waals surface area contributed by atoms with E-state index in [0.717, 1.165) is 0 Å². The lowest BCUT2D eigenvalue weighted by Gasteiger charge is -2.31. The van der Waals surface area contributed by atoms with Gasteiger partial charge in [0.05, 0.1) is 10.6 Å². The Morgan fingerprint density at radius 2 is 2.00 bits per heavy atom. The maximum atomic E-state index is 12.2. The minimum absolute atomic E-state index is 0.0193. The van der Waals surface area contributed by atoms with Gasteiger partial charge in [-0.1, -0.05) is 44.0 Å². The van der Waals surface area contributed by atoms with Crippen molar-refractivity contribution in [3.05, 3.63) is 33.8 Å². The molecule has 0 bridgehead atoms. The molecule has 0 aromatic heterocycles. The predicted octanol–water partition coefficient (Wildman–Crippen LogP) is 3.52. The zero-order valence-corrected chi connectivity index (χ0v) is 12.8. The Hall–Kier alpha value is -0.770. The summed E-state index contributed by atoms with van der Waals surface area (Å²) in [5, 5.41) is 12.8.